The molecular weight excluding hydrogens is 359 g/mol. The number of halogens is 1. The van der Waals surface area contributed by atoms with Crippen molar-refractivity contribution in [3.63, 3.8) is 0 Å². The number of nitrogens with zero attached hydrogens (tertiary/aromatic N) is 4. The summed E-state index contributed by atoms with van der Waals surface area (Å²) in [6.07, 6.45) is 8.47. The monoisotopic (exact) mass is 380 g/mol. The van der Waals surface area contributed by atoms with E-state index in [0.717, 1.165) is 24.1 Å². The third-order valence-corrected chi connectivity index (χ3v) is 4.88. The SMILES string of the molecule is Nc1cnc(C2CC(c3ccc(OCCNc4ncccn4)c(F)c3)C2)cn1. The summed E-state index contributed by atoms with van der Waals surface area (Å²) in [5.41, 5.74) is 7.50. The van der Waals surface area contributed by atoms with E-state index < -0.39 is 0 Å². The number of nitrogens with one attached hydrogen (secondary N) is 1. The van der Waals surface area contributed by atoms with Gasteiger partial charge in [0, 0.05) is 18.3 Å². The molecule has 1 aliphatic rings. The number of anilines is 2. The second-order valence-electron chi connectivity index (χ2n) is 6.77. The van der Waals surface area contributed by atoms with Crippen molar-refractivity contribution < 1.29 is 9.13 Å². The van der Waals surface area contributed by atoms with E-state index in [2.05, 4.69) is 25.3 Å². The Balaban J connectivity index is 1.27. The highest BCUT2D eigenvalue weighted by atomic mass is 19.1. The number of hydrogen-bond acceptors (Lipinski definition) is 7. The summed E-state index contributed by atoms with van der Waals surface area (Å²) in [6, 6.07) is 6.94. The van der Waals surface area contributed by atoms with Crippen LogP contribution in [-0.2, 0) is 0 Å². The lowest BCUT2D eigenvalue weighted by Gasteiger charge is -2.35. The molecule has 0 spiro atoms. The van der Waals surface area contributed by atoms with E-state index in [-0.39, 0.29) is 11.6 Å². The molecule has 7 nitrogen and oxygen atoms in total. The Hall–Kier alpha value is -3.29. The summed E-state index contributed by atoms with van der Waals surface area (Å²) in [5.74, 6) is 1.52. The van der Waals surface area contributed by atoms with Gasteiger partial charge in [0.25, 0.3) is 0 Å². The van der Waals surface area contributed by atoms with Crippen molar-refractivity contribution in [3.05, 3.63) is 66.1 Å². The first-order valence-electron chi connectivity index (χ1n) is 9.19. The van der Waals surface area contributed by atoms with Gasteiger partial charge in [0.2, 0.25) is 5.95 Å². The Labute approximate surface area is 162 Å². The van der Waals surface area contributed by atoms with Crippen LogP contribution in [0.2, 0.25) is 0 Å². The van der Waals surface area contributed by atoms with Gasteiger partial charge in [0.15, 0.2) is 11.6 Å². The maximum atomic E-state index is 14.4. The number of hydrogen-bond donors (Lipinski definition) is 2. The molecule has 0 saturated heterocycles. The Kier molecular flexibility index (Phi) is 5.27. The van der Waals surface area contributed by atoms with Crippen molar-refractivity contribution >= 4 is 11.8 Å². The number of benzene rings is 1. The summed E-state index contributed by atoms with van der Waals surface area (Å²) >= 11 is 0. The zero-order chi connectivity index (χ0) is 19.3. The van der Waals surface area contributed by atoms with Gasteiger partial charge in [-0.2, -0.15) is 0 Å². The Morgan fingerprint density at radius 1 is 1.07 bits per heavy atom. The van der Waals surface area contributed by atoms with E-state index in [0.29, 0.717) is 36.8 Å². The van der Waals surface area contributed by atoms with Crippen LogP contribution in [0.15, 0.2) is 49.1 Å². The highest BCUT2D eigenvalue weighted by Gasteiger charge is 2.32. The fourth-order valence-electron chi connectivity index (χ4n) is 3.29. The molecule has 3 aromatic rings. The van der Waals surface area contributed by atoms with E-state index in [1.54, 1.807) is 43.0 Å². The van der Waals surface area contributed by atoms with Gasteiger partial charge in [-0.25, -0.2) is 19.3 Å². The maximum Gasteiger partial charge on any atom is 0.222 e. The third kappa shape index (κ3) is 4.16. The van der Waals surface area contributed by atoms with Crippen LogP contribution < -0.4 is 15.8 Å². The summed E-state index contributed by atoms with van der Waals surface area (Å²) < 4.78 is 19.9. The molecule has 28 heavy (non-hydrogen) atoms. The summed E-state index contributed by atoms with van der Waals surface area (Å²) in [6.45, 7) is 0.800. The number of rotatable bonds is 7. The molecule has 0 atom stereocenters. The minimum Gasteiger partial charge on any atom is -0.489 e. The first-order valence-corrected chi connectivity index (χ1v) is 9.19. The number of nitrogen functional groups attached to an aromatic ring is 1. The van der Waals surface area contributed by atoms with Crippen molar-refractivity contribution in [2.24, 2.45) is 0 Å². The van der Waals surface area contributed by atoms with Crippen LogP contribution in [0, 0.1) is 5.82 Å². The van der Waals surface area contributed by atoms with E-state index in [4.69, 9.17) is 10.5 Å². The van der Waals surface area contributed by atoms with Gasteiger partial charge in [0.1, 0.15) is 12.4 Å². The highest BCUT2D eigenvalue weighted by molar-refractivity contribution is 5.34. The molecule has 8 heteroatoms. The van der Waals surface area contributed by atoms with Crippen LogP contribution in [0.5, 0.6) is 5.75 Å². The molecule has 3 N–H and O–H groups in total. The highest BCUT2D eigenvalue weighted by Crippen LogP contribution is 2.47. The second kappa shape index (κ2) is 8.16. The van der Waals surface area contributed by atoms with Crippen molar-refractivity contribution in [2.45, 2.75) is 24.7 Å². The van der Waals surface area contributed by atoms with Crippen LogP contribution in [0.4, 0.5) is 16.2 Å². The van der Waals surface area contributed by atoms with Gasteiger partial charge in [0.05, 0.1) is 24.6 Å². The van der Waals surface area contributed by atoms with Crippen molar-refractivity contribution in [1.29, 1.82) is 0 Å². The molecule has 0 radical (unpaired) electrons. The molecule has 2 aromatic heterocycles. The third-order valence-electron chi connectivity index (χ3n) is 4.88. The van der Waals surface area contributed by atoms with Crippen molar-refractivity contribution in [2.75, 3.05) is 24.2 Å². The van der Waals surface area contributed by atoms with Gasteiger partial charge in [-0.1, -0.05) is 6.07 Å². The molecule has 0 bridgehead atoms. The molecule has 2 heterocycles. The van der Waals surface area contributed by atoms with Crippen LogP contribution in [-0.4, -0.2) is 33.1 Å². The number of ether oxygens (including phenoxy) is 1. The summed E-state index contributed by atoms with van der Waals surface area (Å²) in [4.78, 5) is 16.5. The molecule has 1 saturated carbocycles. The molecule has 0 amide bonds. The fraction of sp³-hybridized carbons (Fsp3) is 0.300. The lowest BCUT2D eigenvalue weighted by molar-refractivity contribution is 0.312. The Bertz CT molecular complexity index is 916. The molecule has 4 rings (SSSR count). The first kappa shape index (κ1) is 18.1. The topological polar surface area (TPSA) is 98.8 Å². The van der Waals surface area contributed by atoms with Crippen LogP contribution >= 0.6 is 0 Å². The molecule has 1 aromatic carbocycles. The lowest BCUT2D eigenvalue weighted by Crippen LogP contribution is -2.21. The van der Waals surface area contributed by atoms with Crippen molar-refractivity contribution in [1.82, 2.24) is 19.9 Å². The van der Waals surface area contributed by atoms with Crippen molar-refractivity contribution in [3.8, 4) is 5.75 Å². The Morgan fingerprint density at radius 3 is 2.61 bits per heavy atom. The van der Waals surface area contributed by atoms with Gasteiger partial charge in [-0.15, -0.1) is 0 Å². The zero-order valence-corrected chi connectivity index (χ0v) is 15.3. The van der Waals surface area contributed by atoms with Gasteiger partial charge >= 0.3 is 0 Å². The molecule has 1 fully saturated rings. The molecular formula is C20H21FN6O. The minimum absolute atomic E-state index is 0.250. The summed E-state index contributed by atoms with van der Waals surface area (Å²) in [5, 5.41) is 3.02. The largest absolute Gasteiger partial charge is 0.489 e. The number of aromatic nitrogens is 4. The zero-order valence-electron chi connectivity index (χ0n) is 15.3. The molecule has 1 aliphatic carbocycles. The predicted octanol–water partition coefficient (Wildman–Crippen LogP) is 3.14. The quantitative estimate of drug-likeness (QED) is 0.608. The van der Waals surface area contributed by atoms with Crippen LogP contribution in [0.3, 0.4) is 0 Å². The molecule has 144 valence electrons. The average Bonchev–Trinajstić information content (AvgIpc) is 2.68. The van der Waals surface area contributed by atoms with E-state index in [1.165, 1.54) is 0 Å². The van der Waals surface area contributed by atoms with Crippen LogP contribution in [0.1, 0.15) is 35.9 Å². The Morgan fingerprint density at radius 2 is 1.89 bits per heavy atom. The maximum absolute atomic E-state index is 14.4. The number of nitrogens with two attached hydrogens (primary N) is 1. The lowest BCUT2D eigenvalue weighted by atomic mass is 9.70. The predicted molar refractivity (Wildman–Crippen MR) is 104 cm³/mol. The molecule has 0 unspecified atom stereocenters. The van der Waals surface area contributed by atoms with Gasteiger partial charge in [-0.3, -0.25) is 4.98 Å². The van der Waals surface area contributed by atoms with E-state index in [9.17, 15) is 4.39 Å². The normalized spacial score (nSPS) is 18.3. The standard InChI is InChI=1S/C20H21FN6O/c21-16-10-13(14-8-15(9-14)17-11-27-19(22)12-26-17)2-3-18(16)28-7-6-25-20-23-4-1-5-24-20/h1-5,10-12,14-15H,6-9H2,(H2,22,27)(H,23,24,25). The first-order chi connectivity index (χ1) is 13.7. The van der Waals surface area contributed by atoms with E-state index in [1.807, 2.05) is 6.07 Å². The summed E-state index contributed by atoms with van der Waals surface area (Å²) in [7, 11) is 0. The van der Waals surface area contributed by atoms with Crippen LogP contribution in [0.25, 0.3) is 0 Å². The molecule has 0 aliphatic heterocycles. The average molecular weight is 380 g/mol. The minimum atomic E-state index is -0.343. The van der Waals surface area contributed by atoms with Gasteiger partial charge < -0.3 is 15.8 Å². The van der Waals surface area contributed by atoms with E-state index >= 15 is 0 Å². The second-order valence-corrected chi connectivity index (χ2v) is 6.77. The smallest absolute Gasteiger partial charge is 0.222 e. The van der Waals surface area contributed by atoms with Gasteiger partial charge in [-0.05, 0) is 42.5 Å². The fourth-order valence-corrected chi connectivity index (χ4v) is 3.29.